The first-order chi connectivity index (χ1) is 12.7. The van der Waals surface area contributed by atoms with Gasteiger partial charge in [-0.2, -0.15) is 0 Å². The van der Waals surface area contributed by atoms with E-state index in [1.165, 1.54) is 17.0 Å². The SMILES string of the molecule is Cl.Cl.NCc1nc(C(=O)NCCC(=O)N2CCN(c3ccccc3)CC2)cs1. The van der Waals surface area contributed by atoms with Crippen LogP contribution in [0.4, 0.5) is 5.69 Å². The summed E-state index contributed by atoms with van der Waals surface area (Å²) in [6.07, 6.45) is 0.297. The molecule has 1 saturated heterocycles. The molecule has 1 fully saturated rings. The topological polar surface area (TPSA) is 91.6 Å². The fourth-order valence-corrected chi connectivity index (χ4v) is 3.55. The maximum Gasteiger partial charge on any atom is 0.270 e. The summed E-state index contributed by atoms with van der Waals surface area (Å²) in [5.74, 6) is -0.193. The first-order valence-electron chi connectivity index (χ1n) is 8.68. The molecule has 0 unspecified atom stereocenters. The number of hydrogen-bond donors (Lipinski definition) is 2. The van der Waals surface area contributed by atoms with Crippen molar-refractivity contribution in [1.29, 1.82) is 0 Å². The molecule has 7 nitrogen and oxygen atoms in total. The van der Waals surface area contributed by atoms with Gasteiger partial charge in [0.2, 0.25) is 5.91 Å². The molecule has 28 heavy (non-hydrogen) atoms. The van der Waals surface area contributed by atoms with Crippen molar-refractivity contribution in [2.45, 2.75) is 13.0 Å². The summed E-state index contributed by atoms with van der Waals surface area (Å²) in [6, 6.07) is 10.2. The molecule has 154 valence electrons. The highest BCUT2D eigenvalue weighted by Crippen LogP contribution is 2.15. The molecule has 0 radical (unpaired) electrons. The number of carbonyl (C=O) groups excluding carboxylic acids is 2. The third kappa shape index (κ3) is 6.34. The summed E-state index contributed by atoms with van der Waals surface area (Å²) in [4.78, 5) is 32.6. The predicted molar refractivity (Wildman–Crippen MR) is 117 cm³/mol. The van der Waals surface area contributed by atoms with E-state index in [2.05, 4.69) is 27.3 Å². The third-order valence-corrected chi connectivity index (χ3v) is 5.21. The van der Waals surface area contributed by atoms with Gasteiger partial charge in [-0.3, -0.25) is 9.59 Å². The van der Waals surface area contributed by atoms with Gasteiger partial charge in [0.05, 0.1) is 0 Å². The van der Waals surface area contributed by atoms with Crippen LogP contribution in [0.1, 0.15) is 21.9 Å². The van der Waals surface area contributed by atoms with Crippen LogP contribution in [0.2, 0.25) is 0 Å². The van der Waals surface area contributed by atoms with Crippen LogP contribution in [0.15, 0.2) is 35.7 Å². The van der Waals surface area contributed by atoms with Crippen molar-refractivity contribution < 1.29 is 9.59 Å². The molecule has 2 amide bonds. The van der Waals surface area contributed by atoms with Gasteiger partial charge in [0.1, 0.15) is 10.7 Å². The van der Waals surface area contributed by atoms with Gasteiger partial charge in [0, 0.05) is 56.8 Å². The van der Waals surface area contributed by atoms with Crippen molar-refractivity contribution in [2.24, 2.45) is 5.73 Å². The summed E-state index contributed by atoms with van der Waals surface area (Å²) < 4.78 is 0. The molecule has 0 aliphatic carbocycles. The Balaban J connectivity index is 0.00000196. The Morgan fingerprint density at radius 1 is 1.11 bits per heavy atom. The number of nitrogens with zero attached hydrogens (tertiary/aromatic N) is 3. The third-order valence-electron chi connectivity index (χ3n) is 4.34. The zero-order valence-corrected chi connectivity index (χ0v) is 17.8. The van der Waals surface area contributed by atoms with E-state index in [9.17, 15) is 9.59 Å². The number of piperazine rings is 1. The Kier molecular flexibility index (Phi) is 10.2. The number of hydrogen-bond acceptors (Lipinski definition) is 6. The summed E-state index contributed by atoms with van der Waals surface area (Å²) in [5.41, 5.74) is 7.04. The van der Waals surface area contributed by atoms with Crippen molar-refractivity contribution in [3.63, 3.8) is 0 Å². The number of aromatic nitrogens is 1. The second kappa shape index (κ2) is 11.9. The van der Waals surface area contributed by atoms with Gasteiger partial charge < -0.3 is 20.9 Å². The van der Waals surface area contributed by atoms with Crippen LogP contribution in [0.5, 0.6) is 0 Å². The molecule has 3 rings (SSSR count). The number of carbonyl (C=O) groups is 2. The van der Waals surface area contributed by atoms with Gasteiger partial charge in [-0.1, -0.05) is 18.2 Å². The van der Waals surface area contributed by atoms with Gasteiger partial charge in [0.25, 0.3) is 5.91 Å². The van der Waals surface area contributed by atoms with Crippen molar-refractivity contribution >= 4 is 53.7 Å². The minimum absolute atomic E-state index is 0. The Morgan fingerprint density at radius 3 is 2.39 bits per heavy atom. The molecule has 10 heteroatoms. The van der Waals surface area contributed by atoms with Gasteiger partial charge >= 0.3 is 0 Å². The molecule has 3 N–H and O–H groups in total. The number of thiazole rings is 1. The quantitative estimate of drug-likeness (QED) is 0.708. The maximum absolute atomic E-state index is 12.3. The standard InChI is InChI=1S/C18H23N5O2S.2ClH/c19-12-16-21-15(13-26-16)18(25)20-7-6-17(24)23-10-8-22(9-11-23)14-4-2-1-3-5-14;;/h1-5,13H,6-12,19H2,(H,20,25);2*1H. The van der Waals surface area contributed by atoms with Crippen LogP contribution in [-0.4, -0.2) is 54.4 Å². The molecule has 1 aromatic carbocycles. The van der Waals surface area contributed by atoms with Crippen LogP contribution in [0.25, 0.3) is 0 Å². The summed E-state index contributed by atoms with van der Waals surface area (Å²) in [5, 5.41) is 5.15. The zero-order chi connectivity index (χ0) is 18.4. The van der Waals surface area contributed by atoms with Crippen LogP contribution in [0.3, 0.4) is 0 Å². The molecule has 0 spiro atoms. The smallest absolute Gasteiger partial charge is 0.270 e. The van der Waals surface area contributed by atoms with Gasteiger partial charge in [-0.05, 0) is 12.1 Å². The normalized spacial score (nSPS) is 13.3. The molecule has 0 atom stereocenters. The highest BCUT2D eigenvalue weighted by Gasteiger charge is 2.21. The number of rotatable bonds is 6. The van der Waals surface area contributed by atoms with Crippen LogP contribution in [0, 0.1) is 0 Å². The number of para-hydroxylation sites is 1. The van der Waals surface area contributed by atoms with E-state index < -0.39 is 0 Å². The minimum atomic E-state index is -0.261. The van der Waals surface area contributed by atoms with E-state index in [-0.39, 0.29) is 36.6 Å². The number of halogens is 2. The first-order valence-corrected chi connectivity index (χ1v) is 9.56. The lowest BCUT2D eigenvalue weighted by molar-refractivity contribution is -0.131. The molecular weight excluding hydrogens is 421 g/mol. The van der Waals surface area contributed by atoms with Gasteiger partial charge in [0.15, 0.2) is 0 Å². The monoisotopic (exact) mass is 445 g/mol. The van der Waals surface area contributed by atoms with Crippen LogP contribution >= 0.6 is 36.2 Å². The van der Waals surface area contributed by atoms with E-state index in [0.29, 0.717) is 38.3 Å². The van der Waals surface area contributed by atoms with E-state index in [4.69, 9.17) is 5.73 Å². The summed E-state index contributed by atoms with van der Waals surface area (Å²) in [6.45, 7) is 3.68. The number of benzene rings is 1. The Bertz CT molecular complexity index is 751. The fourth-order valence-electron chi connectivity index (χ4n) is 2.89. The van der Waals surface area contributed by atoms with E-state index >= 15 is 0 Å². The van der Waals surface area contributed by atoms with Gasteiger partial charge in [-0.15, -0.1) is 36.2 Å². The van der Waals surface area contributed by atoms with Crippen molar-refractivity contribution in [3.8, 4) is 0 Å². The van der Waals surface area contributed by atoms with Crippen molar-refractivity contribution in [2.75, 3.05) is 37.6 Å². The maximum atomic E-state index is 12.3. The number of amides is 2. The van der Waals surface area contributed by atoms with E-state index in [1.807, 2.05) is 23.1 Å². The summed E-state index contributed by atoms with van der Waals surface area (Å²) >= 11 is 1.36. The Labute approximate surface area is 181 Å². The number of anilines is 1. The number of nitrogens with two attached hydrogens (primary N) is 1. The van der Waals surface area contributed by atoms with Crippen LogP contribution < -0.4 is 16.0 Å². The Morgan fingerprint density at radius 2 is 1.79 bits per heavy atom. The molecule has 2 aromatic rings. The highest BCUT2D eigenvalue weighted by molar-refractivity contribution is 7.09. The molecular formula is C18H25Cl2N5O2S. The van der Waals surface area contributed by atoms with E-state index in [1.54, 1.807) is 5.38 Å². The second-order valence-electron chi connectivity index (χ2n) is 6.04. The van der Waals surface area contributed by atoms with Crippen LogP contribution in [-0.2, 0) is 11.3 Å². The molecule has 1 aromatic heterocycles. The van der Waals surface area contributed by atoms with Crippen molar-refractivity contribution in [1.82, 2.24) is 15.2 Å². The molecule has 1 aliphatic rings. The highest BCUT2D eigenvalue weighted by atomic mass is 35.5. The number of nitrogens with one attached hydrogen (secondary N) is 1. The largest absolute Gasteiger partial charge is 0.368 e. The molecule has 1 aliphatic heterocycles. The Hall–Kier alpha value is -1.87. The lowest BCUT2D eigenvalue weighted by Crippen LogP contribution is -2.49. The average molecular weight is 446 g/mol. The van der Waals surface area contributed by atoms with Crippen molar-refractivity contribution in [3.05, 3.63) is 46.4 Å². The lowest BCUT2D eigenvalue weighted by atomic mass is 10.2. The zero-order valence-electron chi connectivity index (χ0n) is 15.4. The lowest BCUT2D eigenvalue weighted by Gasteiger charge is -2.36. The average Bonchev–Trinajstić information content (AvgIpc) is 3.18. The predicted octanol–water partition coefficient (Wildman–Crippen LogP) is 1.91. The first kappa shape index (κ1) is 24.2. The molecule has 0 bridgehead atoms. The van der Waals surface area contributed by atoms with E-state index in [0.717, 1.165) is 18.1 Å². The molecule has 0 saturated carbocycles. The minimum Gasteiger partial charge on any atom is -0.368 e. The van der Waals surface area contributed by atoms with Gasteiger partial charge in [-0.25, -0.2) is 4.98 Å². The fraction of sp³-hybridized carbons (Fsp3) is 0.389. The second-order valence-corrected chi connectivity index (χ2v) is 6.98. The molecule has 2 heterocycles. The summed E-state index contributed by atoms with van der Waals surface area (Å²) in [7, 11) is 0.